The van der Waals surface area contributed by atoms with Gasteiger partial charge in [-0.05, 0) is 35.7 Å². The number of aromatic nitrogens is 1. The van der Waals surface area contributed by atoms with Gasteiger partial charge in [-0.2, -0.15) is 0 Å². The molecule has 0 saturated heterocycles. The first-order valence-electron chi connectivity index (χ1n) is 8.31. The fourth-order valence-electron chi connectivity index (χ4n) is 2.80. The number of nitrogens with zero attached hydrogens (tertiary/aromatic N) is 1. The molecule has 0 fully saturated rings. The van der Waals surface area contributed by atoms with E-state index in [-0.39, 0.29) is 24.0 Å². The highest BCUT2D eigenvalue weighted by Gasteiger charge is 2.31. The van der Waals surface area contributed by atoms with Crippen LogP contribution in [0.4, 0.5) is 18.9 Å². The first-order chi connectivity index (χ1) is 12.8. The third-order valence-corrected chi connectivity index (χ3v) is 4.08. The number of para-hydroxylation sites is 1. The van der Waals surface area contributed by atoms with E-state index in [1.165, 1.54) is 24.3 Å². The van der Waals surface area contributed by atoms with Crippen molar-refractivity contribution in [3.05, 3.63) is 66.4 Å². The lowest BCUT2D eigenvalue weighted by molar-refractivity contribution is -0.274. The molecule has 27 heavy (non-hydrogen) atoms. The van der Waals surface area contributed by atoms with E-state index < -0.39 is 6.36 Å². The number of pyridine rings is 1. The van der Waals surface area contributed by atoms with Crippen LogP contribution < -0.4 is 10.1 Å². The van der Waals surface area contributed by atoms with Crippen molar-refractivity contribution in [1.29, 1.82) is 0 Å². The van der Waals surface area contributed by atoms with Gasteiger partial charge in [0.15, 0.2) is 0 Å². The van der Waals surface area contributed by atoms with Crippen molar-refractivity contribution in [2.75, 3.05) is 5.32 Å². The molecule has 0 aliphatic carbocycles. The monoisotopic (exact) mass is 374 g/mol. The van der Waals surface area contributed by atoms with Crippen molar-refractivity contribution in [3.63, 3.8) is 0 Å². The van der Waals surface area contributed by atoms with Crippen molar-refractivity contribution in [1.82, 2.24) is 4.98 Å². The van der Waals surface area contributed by atoms with E-state index in [1.807, 2.05) is 31.2 Å². The Kier molecular flexibility index (Phi) is 5.30. The van der Waals surface area contributed by atoms with E-state index >= 15 is 0 Å². The van der Waals surface area contributed by atoms with Gasteiger partial charge in [-0.25, -0.2) is 0 Å². The first-order valence-corrected chi connectivity index (χ1v) is 8.31. The molecule has 0 bridgehead atoms. The number of ether oxygens (including phenoxy) is 1. The van der Waals surface area contributed by atoms with Crippen molar-refractivity contribution < 1.29 is 22.7 Å². The number of hydrogen-bond donors (Lipinski definition) is 1. The number of rotatable bonds is 5. The summed E-state index contributed by atoms with van der Waals surface area (Å²) in [5, 5.41) is 3.77. The summed E-state index contributed by atoms with van der Waals surface area (Å²) in [6.07, 6.45) is -2.88. The Labute approximate surface area is 154 Å². The number of carbonyl (C=O) groups excluding carboxylic acids is 1. The topological polar surface area (TPSA) is 51.2 Å². The van der Waals surface area contributed by atoms with E-state index in [4.69, 9.17) is 0 Å². The maximum atomic E-state index is 12.4. The fraction of sp³-hybridized carbons (Fsp3) is 0.200. The smallest absolute Gasteiger partial charge is 0.406 e. The van der Waals surface area contributed by atoms with Gasteiger partial charge in [0.05, 0.1) is 11.2 Å². The average molecular weight is 374 g/mol. The number of nitrogens with one attached hydrogen (secondary N) is 1. The zero-order valence-corrected chi connectivity index (χ0v) is 14.5. The molecule has 0 saturated carbocycles. The number of hydrogen-bond acceptors (Lipinski definition) is 3. The lowest BCUT2D eigenvalue weighted by Crippen LogP contribution is -2.17. The van der Waals surface area contributed by atoms with Gasteiger partial charge in [-0.1, -0.05) is 37.3 Å². The van der Waals surface area contributed by atoms with Crippen LogP contribution in [0, 0.1) is 0 Å². The Morgan fingerprint density at radius 3 is 2.52 bits per heavy atom. The maximum Gasteiger partial charge on any atom is 0.573 e. The number of alkyl halides is 3. The quantitative estimate of drug-likeness (QED) is 0.662. The summed E-state index contributed by atoms with van der Waals surface area (Å²) >= 11 is 0. The predicted molar refractivity (Wildman–Crippen MR) is 96.5 cm³/mol. The lowest BCUT2D eigenvalue weighted by Gasteiger charge is -2.14. The predicted octanol–water partition coefficient (Wildman–Crippen LogP) is 5.27. The third-order valence-electron chi connectivity index (χ3n) is 4.08. The molecule has 0 aliphatic rings. The van der Waals surface area contributed by atoms with Crippen LogP contribution in [-0.2, 0) is 4.79 Å². The van der Waals surface area contributed by atoms with Gasteiger partial charge in [0.2, 0.25) is 5.91 Å². The Hall–Kier alpha value is -3.09. The van der Waals surface area contributed by atoms with Crippen LogP contribution >= 0.6 is 0 Å². The maximum absolute atomic E-state index is 12.4. The standard InChI is InChI=1S/C20H17F3N2O2/c1-13(14-7-9-16(10-8-14)27-20(21,22)23)12-18(26)25-17-6-2-4-15-5-3-11-24-19(15)17/h2-11,13H,12H2,1H3,(H,25,26). The molecule has 1 amide bonds. The van der Waals surface area contributed by atoms with Crippen LogP contribution in [0.5, 0.6) is 5.75 Å². The second kappa shape index (κ2) is 7.65. The number of amides is 1. The van der Waals surface area contributed by atoms with Crippen LogP contribution in [0.2, 0.25) is 0 Å². The van der Waals surface area contributed by atoms with Crippen LogP contribution in [0.25, 0.3) is 10.9 Å². The molecule has 1 aromatic heterocycles. The number of halogens is 3. The average Bonchev–Trinajstić information content (AvgIpc) is 2.61. The van der Waals surface area contributed by atoms with Crippen LogP contribution in [0.1, 0.15) is 24.8 Å². The molecule has 1 heterocycles. The minimum absolute atomic E-state index is 0.173. The van der Waals surface area contributed by atoms with Gasteiger partial charge in [0.25, 0.3) is 0 Å². The summed E-state index contributed by atoms with van der Waals surface area (Å²) in [7, 11) is 0. The van der Waals surface area contributed by atoms with Crippen molar-refractivity contribution in [2.45, 2.75) is 25.6 Å². The van der Waals surface area contributed by atoms with Gasteiger partial charge in [-0.15, -0.1) is 13.2 Å². The Morgan fingerprint density at radius 2 is 1.81 bits per heavy atom. The molecule has 1 atom stereocenters. The van der Waals surface area contributed by atoms with Crippen molar-refractivity contribution >= 4 is 22.5 Å². The van der Waals surface area contributed by atoms with Crippen LogP contribution in [0.3, 0.4) is 0 Å². The Morgan fingerprint density at radius 1 is 1.11 bits per heavy atom. The van der Waals surface area contributed by atoms with E-state index in [9.17, 15) is 18.0 Å². The highest BCUT2D eigenvalue weighted by atomic mass is 19.4. The molecule has 3 rings (SSSR count). The molecular weight excluding hydrogens is 357 g/mol. The van der Waals surface area contributed by atoms with Gasteiger partial charge in [0.1, 0.15) is 5.75 Å². The molecule has 1 N–H and O–H groups in total. The van der Waals surface area contributed by atoms with Crippen LogP contribution in [0.15, 0.2) is 60.8 Å². The van der Waals surface area contributed by atoms with Gasteiger partial charge < -0.3 is 10.1 Å². The lowest BCUT2D eigenvalue weighted by atomic mass is 9.97. The normalized spacial score (nSPS) is 12.6. The Balaban J connectivity index is 1.65. The zero-order chi connectivity index (χ0) is 19.4. The zero-order valence-electron chi connectivity index (χ0n) is 14.5. The van der Waals surface area contributed by atoms with Crippen molar-refractivity contribution in [3.8, 4) is 5.75 Å². The van der Waals surface area contributed by atoms with Crippen molar-refractivity contribution in [2.24, 2.45) is 0 Å². The Bertz CT molecular complexity index is 935. The summed E-state index contributed by atoms with van der Waals surface area (Å²) in [5.41, 5.74) is 2.07. The van der Waals surface area contributed by atoms with Gasteiger partial charge >= 0.3 is 6.36 Å². The summed E-state index contributed by atoms with van der Waals surface area (Å²) in [4.78, 5) is 16.7. The van der Waals surface area contributed by atoms with Gasteiger partial charge in [0, 0.05) is 18.0 Å². The molecule has 0 aliphatic heterocycles. The largest absolute Gasteiger partial charge is 0.573 e. The summed E-state index contributed by atoms with van der Waals surface area (Å²) < 4.78 is 40.5. The summed E-state index contributed by atoms with van der Waals surface area (Å²) in [6, 6.07) is 14.8. The summed E-state index contributed by atoms with van der Waals surface area (Å²) in [6.45, 7) is 1.83. The first kappa shape index (κ1) is 18.7. The summed E-state index contributed by atoms with van der Waals surface area (Å²) in [5.74, 6) is -0.658. The third kappa shape index (κ3) is 4.97. The van der Waals surface area contributed by atoms with E-state index in [2.05, 4.69) is 15.0 Å². The number of carbonyl (C=O) groups is 1. The number of benzene rings is 2. The number of fused-ring (bicyclic) bond motifs is 1. The highest BCUT2D eigenvalue weighted by Crippen LogP contribution is 2.27. The molecule has 2 aromatic carbocycles. The molecule has 7 heteroatoms. The molecular formula is C20H17F3N2O2. The molecule has 140 valence electrons. The highest BCUT2D eigenvalue weighted by molar-refractivity contribution is 6.00. The van der Waals surface area contributed by atoms with E-state index in [1.54, 1.807) is 12.3 Å². The second-order valence-corrected chi connectivity index (χ2v) is 6.15. The molecule has 3 aromatic rings. The molecule has 1 unspecified atom stereocenters. The molecule has 0 spiro atoms. The number of anilines is 1. The minimum Gasteiger partial charge on any atom is -0.406 e. The fourth-order valence-corrected chi connectivity index (χ4v) is 2.80. The molecule has 4 nitrogen and oxygen atoms in total. The van der Waals surface area contributed by atoms with Gasteiger partial charge in [-0.3, -0.25) is 9.78 Å². The minimum atomic E-state index is -4.72. The van der Waals surface area contributed by atoms with E-state index in [0.29, 0.717) is 11.2 Å². The SMILES string of the molecule is CC(CC(=O)Nc1cccc2cccnc12)c1ccc(OC(F)(F)F)cc1. The van der Waals surface area contributed by atoms with E-state index in [0.717, 1.165) is 10.9 Å². The second-order valence-electron chi connectivity index (χ2n) is 6.15. The molecule has 0 radical (unpaired) electrons. The van der Waals surface area contributed by atoms with Crippen LogP contribution in [-0.4, -0.2) is 17.3 Å².